The van der Waals surface area contributed by atoms with Gasteiger partial charge in [-0.1, -0.05) is 157 Å². The van der Waals surface area contributed by atoms with Crippen LogP contribution in [0.5, 0.6) is 5.75 Å². The molecular formula is C45H30ClNO. The lowest BCUT2D eigenvalue weighted by Crippen LogP contribution is -2.09. The van der Waals surface area contributed by atoms with Gasteiger partial charge >= 0.3 is 0 Å². The molecule has 228 valence electrons. The predicted molar refractivity (Wildman–Crippen MR) is 202 cm³/mol. The van der Waals surface area contributed by atoms with Crippen LogP contribution in [0.4, 0.5) is 5.69 Å². The molecule has 9 rings (SSSR count). The molecule has 1 heterocycles. The molecule has 1 aliphatic rings. The summed E-state index contributed by atoms with van der Waals surface area (Å²) >= 11 is 6.21. The minimum absolute atomic E-state index is 0.310. The summed E-state index contributed by atoms with van der Waals surface area (Å²) < 4.78 is 6.59. The first-order valence-corrected chi connectivity index (χ1v) is 16.6. The van der Waals surface area contributed by atoms with Gasteiger partial charge in [0.2, 0.25) is 0 Å². The van der Waals surface area contributed by atoms with E-state index in [1.54, 1.807) is 0 Å². The number of benzene rings is 8. The lowest BCUT2D eigenvalue weighted by Gasteiger charge is -2.13. The standard InChI is InChI=1S/C45H30ClNO/c46-37-25-23-35(24-26-37)45-47-44-42(34-21-19-33(20-22-34)41-14-6-10-31-8-2-4-12-39(31)41)27-36(28-43(44)48-45)29-15-17-32(18-16-29)40-13-5-9-30-7-1-3-11-38(30)40/h1-28,45,47H. The average molecular weight is 636 g/mol. The fourth-order valence-corrected chi connectivity index (χ4v) is 7.08. The van der Waals surface area contributed by atoms with Crippen LogP contribution in [0.3, 0.4) is 0 Å². The van der Waals surface area contributed by atoms with Crippen LogP contribution in [0.2, 0.25) is 5.02 Å². The van der Waals surface area contributed by atoms with Gasteiger partial charge in [-0.2, -0.15) is 0 Å². The molecule has 0 amide bonds. The van der Waals surface area contributed by atoms with Gasteiger partial charge in [-0.15, -0.1) is 0 Å². The Kier molecular flexibility index (Phi) is 6.96. The van der Waals surface area contributed by atoms with Crippen LogP contribution in [-0.4, -0.2) is 0 Å². The van der Waals surface area contributed by atoms with Crippen molar-refractivity contribution in [3.8, 4) is 50.3 Å². The quantitative estimate of drug-likeness (QED) is 0.203. The minimum atomic E-state index is -0.310. The molecule has 0 bridgehead atoms. The van der Waals surface area contributed by atoms with E-state index in [0.29, 0.717) is 5.02 Å². The Bertz CT molecular complexity index is 2440. The number of fused-ring (bicyclic) bond motifs is 3. The molecular weight excluding hydrogens is 606 g/mol. The van der Waals surface area contributed by atoms with E-state index in [1.807, 2.05) is 24.3 Å². The Morgan fingerprint density at radius 2 is 0.938 bits per heavy atom. The normalized spacial score (nSPS) is 13.6. The average Bonchev–Trinajstić information content (AvgIpc) is 3.59. The summed E-state index contributed by atoms with van der Waals surface area (Å²) in [4.78, 5) is 0. The summed E-state index contributed by atoms with van der Waals surface area (Å²) in [7, 11) is 0. The summed E-state index contributed by atoms with van der Waals surface area (Å²) in [6, 6.07) is 60.1. The summed E-state index contributed by atoms with van der Waals surface area (Å²) in [5, 5.41) is 9.37. The zero-order valence-electron chi connectivity index (χ0n) is 26.0. The molecule has 0 saturated carbocycles. The predicted octanol–water partition coefficient (Wildman–Crippen LogP) is 12.8. The van der Waals surface area contributed by atoms with E-state index in [2.05, 4.69) is 151 Å². The second kappa shape index (κ2) is 11.8. The monoisotopic (exact) mass is 635 g/mol. The lowest BCUT2D eigenvalue weighted by molar-refractivity contribution is 0.260. The fourth-order valence-electron chi connectivity index (χ4n) is 6.95. The van der Waals surface area contributed by atoms with Crippen LogP contribution < -0.4 is 10.1 Å². The van der Waals surface area contributed by atoms with Crippen molar-refractivity contribution in [2.24, 2.45) is 0 Å². The summed E-state index contributed by atoms with van der Waals surface area (Å²) in [5.41, 5.74) is 11.3. The third-order valence-corrected chi connectivity index (χ3v) is 9.66. The molecule has 1 aliphatic heterocycles. The maximum Gasteiger partial charge on any atom is 0.196 e. The second-order valence-corrected chi connectivity index (χ2v) is 12.7. The molecule has 8 aromatic carbocycles. The van der Waals surface area contributed by atoms with Crippen molar-refractivity contribution >= 4 is 38.8 Å². The zero-order valence-corrected chi connectivity index (χ0v) is 26.8. The van der Waals surface area contributed by atoms with Crippen molar-refractivity contribution in [3.63, 3.8) is 0 Å². The largest absolute Gasteiger partial charge is 0.464 e. The van der Waals surface area contributed by atoms with Crippen molar-refractivity contribution < 1.29 is 4.74 Å². The third-order valence-electron chi connectivity index (χ3n) is 9.41. The highest BCUT2D eigenvalue weighted by atomic mass is 35.5. The van der Waals surface area contributed by atoms with Crippen LogP contribution in [-0.2, 0) is 0 Å². The van der Waals surface area contributed by atoms with Crippen LogP contribution in [0, 0.1) is 0 Å². The van der Waals surface area contributed by atoms with E-state index >= 15 is 0 Å². The number of hydrogen-bond donors (Lipinski definition) is 1. The number of anilines is 1. The molecule has 0 radical (unpaired) electrons. The van der Waals surface area contributed by atoms with Gasteiger partial charge in [0.1, 0.15) is 5.75 Å². The van der Waals surface area contributed by atoms with Crippen LogP contribution in [0.1, 0.15) is 11.8 Å². The van der Waals surface area contributed by atoms with Gasteiger partial charge in [0, 0.05) is 16.1 Å². The fraction of sp³-hybridized carbons (Fsp3) is 0.0222. The lowest BCUT2D eigenvalue weighted by atomic mass is 9.93. The molecule has 1 atom stereocenters. The van der Waals surface area contributed by atoms with E-state index in [1.165, 1.54) is 43.8 Å². The zero-order chi connectivity index (χ0) is 32.0. The number of hydrogen-bond acceptors (Lipinski definition) is 2. The van der Waals surface area contributed by atoms with Crippen molar-refractivity contribution in [1.82, 2.24) is 0 Å². The third kappa shape index (κ3) is 5.08. The van der Waals surface area contributed by atoms with Gasteiger partial charge in [0.15, 0.2) is 6.23 Å². The maximum atomic E-state index is 6.59. The first kappa shape index (κ1) is 28.4. The molecule has 8 aromatic rings. The molecule has 0 aromatic heterocycles. The van der Waals surface area contributed by atoms with E-state index in [-0.39, 0.29) is 6.23 Å². The maximum absolute atomic E-state index is 6.59. The Morgan fingerprint density at radius 1 is 0.438 bits per heavy atom. The van der Waals surface area contributed by atoms with Gasteiger partial charge < -0.3 is 10.1 Å². The molecule has 0 aliphatic carbocycles. The van der Waals surface area contributed by atoms with Gasteiger partial charge in [0.25, 0.3) is 0 Å². The molecule has 2 nitrogen and oxygen atoms in total. The number of halogens is 1. The first-order valence-electron chi connectivity index (χ1n) is 16.2. The Hall–Kier alpha value is -5.83. The van der Waals surface area contributed by atoms with E-state index in [4.69, 9.17) is 16.3 Å². The van der Waals surface area contributed by atoms with Crippen LogP contribution >= 0.6 is 11.6 Å². The van der Waals surface area contributed by atoms with Gasteiger partial charge in [-0.25, -0.2) is 0 Å². The van der Waals surface area contributed by atoms with Gasteiger partial charge in [0.05, 0.1) is 5.69 Å². The highest BCUT2D eigenvalue weighted by Gasteiger charge is 2.27. The van der Waals surface area contributed by atoms with Gasteiger partial charge in [-0.3, -0.25) is 0 Å². The molecule has 1 unspecified atom stereocenters. The van der Waals surface area contributed by atoms with E-state index in [9.17, 15) is 0 Å². The highest BCUT2D eigenvalue weighted by Crippen LogP contribution is 2.47. The highest BCUT2D eigenvalue weighted by molar-refractivity contribution is 6.30. The smallest absolute Gasteiger partial charge is 0.196 e. The number of ether oxygens (including phenoxy) is 1. The topological polar surface area (TPSA) is 21.3 Å². The summed E-state index contributed by atoms with van der Waals surface area (Å²) in [6.07, 6.45) is -0.310. The minimum Gasteiger partial charge on any atom is -0.464 e. The Labute approximate surface area is 284 Å². The number of rotatable bonds is 5. The van der Waals surface area contributed by atoms with Gasteiger partial charge in [-0.05, 0) is 84.8 Å². The molecule has 0 spiro atoms. The molecule has 0 saturated heterocycles. The molecule has 0 fully saturated rings. The Balaban J connectivity index is 1.12. The molecule has 1 N–H and O–H groups in total. The molecule has 48 heavy (non-hydrogen) atoms. The van der Waals surface area contributed by atoms with Crippen molar-refractivity contribution in [2.75, 3.05) is 5.32 Å². The number of nitrogens with one attached hydrogen (secondary N) is 1. The summed E-state index contributed by atoms with van der Waals surface area (Å²) in [6.45, 7) is 0. The van der Waals surface area contributed by atoms with Crippen molar-refractivity contribution in [3.05, 3.63) is 180 Å². The SMILES string of the molecule is Clc1ccc(C2Nc3c(cc(-c4ccc(-c5cccc6ccccc56)cc4)cc3-c3ccc(-c4cccc5ccccc45)cc3)O2)cc1. The summed E-state index contributed by atoms with van der Waals surface area (Å²) in [5.74, 6) is 0.832. The van der Waals surface area contributed by atoms with Crippen LogP contribution in [0.15, 0.2) is 170 Å². The van der Waals surface area contributed by atoms with Crippen molar-refractivity contribution in [2.45, 2.75) is 6.23 Å². The van der Waals surface area contributed by atoms with E-state index in [0.717, 1.165) is 39.3 Å². The van der Waals surface area contributed by atoms with E-state index < -0.39 is 0 Å². The second-order valence-electron chi connectivity index (χ2n) is 12.3. The Morgan fingerprint density at radius 3 is 1.52 bits per heavy atom. The first-order chi connectivity index (χ1) is 23.7. The van der Waals surface area contributed by atoms with Crippen LogP contribution in [0.25, 0.3) is 66.1 Å². The van der Waals surface area contributed by atoms with Crippen molar-refractivity contribution in [1.29, 1.82) is 0 Å². The molecule has 3 heteroatoms.